The number of nitrogens with two attached hydrogens (primary N) is 1. The fraction of sp³-hybridized carbons (Fsp3) is 0.286. The first-order valence-electron chi connectivity index (χ1n) is 9.50. The van der Waals surface area contributed by atoms with Crippen molar-refractivity contribution in [1.82, 2.24) is 14.5 Å². The van der Waals surface area contributed by atoms with Gasteiger partial charge in [0.25, 0.3) is 0 Å². The number of ether oxygens (including phenoxy) is 1. The van der Waals surface area contributed by atoms with Crippen molar-refractivity contribution in [3.8, 4) is 5.75 Å². The van der Waals surface area contributed by atoms with Gasteiger partial charge < -0.3 is 10.5 Å². The zero-order chi connectivity index (χ0) is 20.8. The Kier molecular flexibility index (Phi) is 6.66. The second-order valence-corrected chi connectivity index (χ2v) is 7.06. The number of nitrogens with one attached hydrogen (secondary N) is 1. The van der Waals surface area contributed by atoms with Gasteiger partial charge in [-0.25, -0.2) is 4.68 Å². The van der Waals surface area contributed by atoms with Crippen LogP contribution in [0.3, 0.4) is 0 Å². The molecule has 29 heavy (non-hydrogen) atoms. The second-order valence-electron chi connectivity index (χ2n) is 6.70. The summed E-state index contributed by atoms with van der Waals surface area (Å²) in [7, 11) is 1.61. The van der Waals surface area contributed by atoms with Crippen molar-refractivity contribution in [3.63, 3.8) is 0 Å². The summed E-state index contributed by atoms with van der Waals surface area (Å²) in [6, 6.07) is 15.0. The van der Waals surface area contributed by atoms with Crippen LogP contribution in [0.25, 0.3) is 0 Å². The minimum atomic E-state index is -0.0720. The number of benzene rings is 2. The Morgan fingerprint density at radius 2 is 1.86 bits per heavy atom. The van der Waals surface area contributed by atoms with E-state index in [2.05, 4.69) is 17.4 Å². The van der Waals surface area contributed by atoms with Crippen LogP contribution in [0.4, 0.5) is 11.6 Å². The van der Waals surface area contributed by atoms with E-state index in [-0.39, 0.29) is 18.3 Å². The lowest BCUT2D eigenvalue weighted by Crippen LogP contribution is -2.14. The highest BCUT2D eigenvalue weighted by Crippen LogP contribution is 2.16. The fourth-order valence-corrected chi connectivity index (χ4v) is 3.14. The molecule has 0 aliphatic heterocycles. The monoisotopic (exact) mass is 411 g/mol. The number of ketones is 1. The van der Waals surface area contributed by atoms with Gasteiger partial charge in [0.1, 0.15) is 12.3 Å². The van der Waals surface area contributed by atoms with Gasteiger partial charge >= 0.3 is 0 Å². The van der Waals surface area contributed by atoms with Crippen molar-refractivity contribution in [2.45, 2.75) is 32.7 Å². The number of unbranched alkanes of at least 4 members (excludes halogenated alkanes) is 1. The van der Waals surface area contributed by atoms with Crippen LogP contribution in [0.1, 0.15) is 35.7 Å². The number of methoxy groups -OCH3 is 1. The Labute approximate surface area is 175 Å². The van der Waals surface area contributed by atoms with Gasteiger partial charge in [-0.3, -0.25) is 10.2 Å². The maximum absolute atomic E-state index is 12.6. The van der Waals surface area contributed by atoms with Crippen molar-refractivity contribution >= 4 is 29.6 Å². The molecule has 152 valence electrons. The quantitative estimate of drug-likeness (QED) is 0.407. The molecule has 0 spiro atoms. The van der Waals surface area contributed by atoms with Gasteiger partial charge in [-0.1, -0.05) is 37.6 Å². The number of aryl methyl sites for hydroxylation is 1. The molecule has 0 fully saturated rings. The lowest BCUT2D eigenvalue weighted by atomic mass is 10.0. The van der Waals surface area contributed by atoms with Crippen LogP contribution in [0.2, 0.25) is 0 Å². The number of carbonyl (C=O) groups is 1. The topological polar surface area (TPSA) is 87.1 Å². The van der Waals surface area contributed by atoms with Gasteiger partial charge in [0.05, 0.1) is 12.8 Å². The minimum Gasteiger partial charge on any atom is -0.497 e. The van der Waals surface area contributed by atoms with Crippen LogP contribution in [0, 0.1) is 4.77 Å². The molecule has 0 bridgehead atoms. The molecule has 3 N–H and O–H groups in total. The zero-order valence-corrected chi connectivity index (χ0v) is 17.4. The van der Waals surface area contributed by atoms with Crippen LogP contribution in [-0.4, -0.2) is 27.3 Å². The van der Waals surface area contributed by atoms with Crippen LogP contribution >= 0.6 is 12.2 Å². The Balaban J connectivity index is 1.72. The molecule has 0 unspecified atom stereocenters. The number of rotatable bonds is 9. The number of nitrogens with zero attached hydrogens (tertiary/aromatic N) is 3. The number of carbonyl (C=O) groups excluding carboxylic acids is 1. The molecule has 8 heteroatoms. The molecule has 0 aliphatic carbocycles. The van der Waals surface area contributed by atoms with Crippen molar-refractivity contribution in [1.29, 1.82) is 0 Å². The summed E-state index contributed by atoms with van der Waals surface area (Å²) in [5, 5.41) is 4.21. The Morgan fingerprint density at radius 1 is 1.17 bits per heavy atom. The molecule has 2 aromatic carbocycles. The van der Waals surface area contributed by atoms with Crippen LogP contribution in [0.5, 0.6) is 5.75 Å². The summed E-state index contributed by atoms with van der Waals surface area (Å²) in [5.41, 5.74) is 11.7. The highest BCUT2D eigenvalue weighted by molar-refractivity contribution is 7.71. The van der Waals surface area contributed by atoms with E-state index in [4.69, 9.17) is 22.7 Å². The standard InChI is InChI=1S/C21H25N5O2S/c1-3-4-5-15-6-8-16(9-7-15)19(27)14-25-21(29)26(20(22)24-25)23-17-10-12-18(28-2)13-11-17/h6-13,23H,3-5,14H2,1-2H3,(H2,22,24). The molecule has 7 nitrogen and oxygen atoms in total. The molecule has 0 atom stereocenters. The van der Waals surface area contributed by atoms with E-state index in [9.17, 15) is 4.79 Å². The summed E-state index contributed by atoms with van der Waals surface area (Å²) in [6.07, 6.45) is 3.31. The molecule has 3 aromatic rings. The molecule has 3 rings (SSSR count). The van der Waals surface area contributed by atoms with Crippen molar-refractivity contribution in [3.05, 3.63) is 64.4 Å². The predicted molar refractivity (Wildman–Crippen MR) is 117 cm³/mol. The second kappa shape index (κ2) is 9.38. The Bertz CT molecular complexity index is 1020. The van der Waals surface area contributed by atoms with Crippen molar-refractivity contribution in [2.75, 3.05) is 18.3 Å². The van der Waals surface area contributed by atoms with E-state index < -0.39 is 0 Å². The largest absolute Gasteiger partial charge is 0.497 e. The van der Waals surface area contributed by atoms with Crippen LogP contribution < -0.4 is 15.9 Å². The van der Waals surface area contributed by atoms with Crippen molar-refractivity contribution in [2.24, 2.45) is 0 Å². The highest BCUT2D eigenvalue weighted by atomic mass is 32.1. The third kappa shape index (κ3) is 5.03. The molecule has 0 amide bonds. The van der Waals surface area contributed by atoms with Gasteiger partial charge in [0.2, 0.25) is 10.7 Å². The predicted octanol–water partition coefficient (Wildman–Crippen LogP) is 4.11. The van der Waals surface area contributed by atoms with E-state index in [1.54, 1.807) is 7.11 Å². The number of anilines is 2. The van der Waals surface area contributed by atoms with E-state index in [1.165, 1.54) is 14.9 Å². The minimum absolute atomic E-state index is 0.0225. The summed E-state index contributed by atoms with van der Waals surface area (Å²) in [5.74, 6) is 0.847. The molecule has 0 aliphatic rings. The third-order valence-corrected chi connectivity index (χ3v) is 4.98. The molecular weight excluding hydrogens is 386 g/mol. The number of aromatic nitrogens is 3. The number of nitrogen functional groups attached to an aromatic ring is 1. The average Bonchev–Trinajstić information content (AvgIpc) is 3.00. The number of hydrogen-bond donors (Lipinski definition) is 2. The highest BCUT2D eigenvalue weighted by Gasteiger charge is 2.13. The van der Waals surface area contributed by atoms with Crippen LogP contribution in [0.15, 0.2) is 48.5 Å². The van der Waals surface area contributed by atoms with Crippen molar-refractivity contribution < 1.29 is 9.53 Å². The lowest BCUT2D eigenvalue weighted by Gasteiger charge is -2.08. The molecule has 1 heterocycles. The van der Waals surface area contributed by atoms with E-state index in [0.29, 0.717) is 10.3 Å². The van der Waals surface area contributed by atoms with E-state index in [1.807, 2.05) is 48.5 Å². The number of hydrogen-bond acceptors (Lipinski definition) is 6. The summed E-state index contributed by atoms with van der Waals surface area (Å²) in [6.45, 7) is 2.18. The average molecular weight is 412 g/mol. The number of Topliss-reactive ketones (excluding diaryl/α,β-unsaturated/α-hetero) is 1. The summed E-state index contributed by atoms with van der Waals surface area (Å²) < 4.78 is 8.36. The zero-order valence-electron chi connectivity index (χ0n) is 16.6. The fourth-order valence-electron chi connectivity index (χ4n) is 2.89. The normalized spacial score (nSPS) is 10.7. The van der Waals surface area contributed by atoms with Gasteiger partial charge in [-0.05, 0) is 54.9 Å². The molecule has 0 saturated carbocycles. The van der Waals surface area contributed by atoms with Gasteiger partial charge in [-0.2, -0.15) is 4.68 Å². The van der Waals surface area contributed by atoms with E-state index in [0.717, 1.165) is 30.7 Å². The maximum atomic E-state index is 12.6. The molecule has 0 radical (unpaired) electrons. The van der Waals surface area contributed by atoms with Gasteiger partial charge in [-0.15, -0.1) is 5.10 Å². The first kappa shape index (κ1) is 20.6. The third-order valence-electron chi connectivity index (χ3n) is 4.58. The first-order valence-corrected chi connectivity index (χ1v) is 9.91. The maximum Gasteiger partial charge on any atom is 0.240 e. The summed E-state index contributed by atoms with van der Waals surface area (Å²) >= 11 is 5.44. The first-order chi connectivity index (χ1) is 14.0. The Hall–Kier alpha value is -3.13. The summed E-state index contributed by atoms with van der Waals surface area (Å²) in [4.78, 5) is 12.6. The smallest absolute Gasteiger partial charge is 0.240 e. The van der Waals surface area contributed by atoms with Gasteiger partial charge in [0.15, 0.2) is 5.78 Å². The van der Waals surface area contributed by atoms with Crippen LogP contribution in [-0.2, 0) is 13.0 Å². The van der Waals surface area contributed by atoms with E-state index >= 15 is 0 Å². The Morgan fingerprint density at radius 3 is 2.48 bits per heavy atom. The van der Waals surface area contributed by atoms with Gasteiger partial charge in [0, 0.05) is 5.56 Å². The SMILES string of the molecule is CCCCc1ccc(C(=O)Cn2nc(N)n(Nc3ccc(OC)cc3)c2=S)cc1. The molecular formula is C21H25N5O2S. The molecule has 0 saturated heterocycles. The lowest BCUT2D eigenvalue weighted by molar-refractivity contribution is 0.0967. The molecule has 1 aromatic heterocycles.